The van der Waals surface area contributed by atoms with E-state index in [1.165, 1.54) is 12.8 Å². The van der Waals surface area contributed by atoms with E-state index in [1.54, 1.807) is 16.4 Å². The maximum atomic E-state index is 13.1. The Morgan fingerprint density at radius 1 is 0.923 bits per heavy atom. The summed E-state index contributed by atoms with van der Waals surface area (Å²) in [5.41, 5.74) is 5.35. The summed E-state index contributed by atoms with van der Waals surface area (Å²) in [6, 6.07) is 7.09. The molecule has 4 rings (SSSR count). The van der Waals surface area contributed by atoms with Crippen LogP contribution in [0.3, 0.4) is 0 Å². The number of fused-ring (bicyclic) bond motifs is 1. The Labute approximate surface area is 155 Å². The van der Waals surface area contributed by atoms with Crippen molar-refractivity contribution in [3.05, 3.63) is 52.2 Å². The van der Waals surface area contributed by atoms with Crippen molar-refractivity contribution in [1.82, 2.24) is 9.29 Å². The molecule has 26 heavy (non-hydrogen) atoms. The number of hydrogen-bond acceptors (Lipinski definition) is 4. The van der Waals surface area contributed by atoms with Crippen LogP contribution < -0.4 is 4.90 Å². The second kappa shape index (κ2) is 6.35. The van der Waals surface area contributed by atoms with Gasteiger partial charge >= 0.3 is 0 Å². The summed E-state index contributed by atoms with van der Waals surface area (Å²) in [7, 11) is -3.50. The SMILES string of the molecule is Cc1ccc(S(=O)(=O)N2Cc3c(C)nc(N4CCCC4)c(C)c3C2)cc1. The summed E-state index contributed by atoms with van der Waals surface area (Å²) in [6.07, 6.45) is 2.40. The highest BCUT2D eigenvalue weighted by Crippen LogP contribution is 2.36. The molecule has 3 heterocycles. The van der Waals surface area contributed by atoms with E-state index in [-0.39, 0.29) is 0 Å². The van der Waals surface area contributed by atoms with Crippen LogP contribution in [0.25, 0.3) is 0 Å². The smallest absolute Gasteiger partial charge is 0.243 e. The Morgan fingerprint density at radius 2 is 1.54 bits per heavy atom. The summed E-state index contributed by atoms with van der Waals surface area (Å²) in [5, 5.41) is 0. The van der Waals surface area contributed by atoms with Gasteiger partial charge in [-0.1, -0.05) is 17.7 Å². The minimum absolute atomic E-state index is 0.360. The lowest BCUT2D eigenvalue weighted by Gasteiger charge is -2.21. The van der Waals surface area contributed by atoms with E-state index in [0.717, 1.165) is 46.9 Å². The molecule has 0 saturated carbocycles. The molecule has 1 aromatic carbocycles. The van der Waals surface area contributed by atoms with E-state index in [0.29, 0.717) is 18.0 Å². The molecule has 0 atom stereocenters. The quantitative estimate of drug-likeness (QED) is 0.831. The first-order chi connectivity index (χ1) is 12.4. The highest BCUT2D eigenvalue weighted by Gasteiger charge is 2.34. The zero-order valence-corrected chi connectivity index (χ0v) is 16.4. The molecule has 1 fully saturated rings. The maximum absolute atomic E-state index is 13.1. The highest BCUT2D eigenvalue weighted by atomic mass is 32.2. The fourth-order valence-corrected chi connectivity index (χ4v) is 5.36. The van der Waals surface area contributed by atoms with E-state index >= 15 is 0 Å². The second-order valence-electron chi connectivity index (χ2n) is 7.38. The number of nitrogens with zero attached hydrogens (tertiary/aromatic N) is 3. The molecular formula is C20H25N3O2S. The van der Waals surface area contributed by atoms with Gasteiger partial charge in [-0.25, -0.2) is 13.4 Å². The number of hydrogen-bond donors (Lipinski definition) is 0. The number of aromatic nitrogens is 1. The number of aryl methyl sites for hydroxylation is 2. The molecular weight excluding hydrogens is 346 g/mol. The number of benzene rings is 1. The Hall–Kier alpha value is -1.92. The van der Waals surface area contributed by atoms with Crippen molar-refractivity contribution in [3.63, 3.8) is 0 Å². The topological polar surface area (TPSA) is 53.5 Å². The zero-order valence-electron chi connectivity index (χ0n) is 15.6. The molecule has 0 radical (unpaired) electrons. The molecule has 0 unspecified atom stereocenters. The van der Waals surface area contributed by atoms with Gasteiger partial charge in [0.15, 0.2) is 0 Å². The van der Waals surface area contributed by atoms with Crippen LogP contribution >= 0.6 is 0 Å². The van der Waals surface area contributed by atoms with Gasteiger partial charge in [-0.3, -0.25) is 0 Å². The van der Waals surface area contributed by atoms with Crippen LogP contribution in [-0.2, 0) is 23.1 Å². The summed E-state index contributed by atoms with van der Waals surface area (Å²) in [5.74, 6) is 1.04. The van der Waals surface area contributed by atoms with E-state index in [1.807, 2.05) is 26.0 Å². The molecule has 1 aromatic heterocycles. The van der Waals surface area contributed by atoms with Crippen molar-refractivity contribution in [2.45, 2.75) is 51.6 Å². The zero-order chi connectivity index (χ0) is 18.5. The van der Waals surface area contributed by atoms with Gasteiger partial charge in [0, 0.05) is 31.9 Å². The largest absolute Gasteiger partial charge is 0.356 e. The number of sulfonamides is 1. The average molecular weight is 372 g/mol. The number of anilines is 1. The van der Waals surface area contributed by atoms with Gasteiger partial charge in [0.05, 0.1) is 4.90 Å². The van der Waals surface area contributed by atoms with Crippen LogP contribution in [0.4, 0.5) is 5.82 Å². The second-order valence-corrected chi connectivity index (χ2v) is 9.32. The molecule has 0 bridgehead atoms. The first kappa shape index (κ1) is 17.5. The molecule has 2 aliphatic rings. The average Bonchev–Trinajstić information content (AvgIpc) is 3.28. The maximum Gasteiger partial charge on any atom is 0.243 e. The van der Waals surface area contributed by atoms with E-state index in [2.05, 4.69) is 11.8 Å². The van der Waals surface area contributed by atoms with E-state index < -0.39 is 10.0 Å². The fraction of sp³-hybridized carbons (Fsp3) is 0.450. The Kier molecular flexibility index (Phi) is 4.28. The van der Waals surface area contributed by atoms with Crippen LogP contribution in [0.2, 0.25) is 0 Å². The number of pyridine rings is 1. The minimum Gasteiger partial charge on any atom is -0.356 e. The van der Waals surface area contributed by atoms with Gasteiger partial charge in [-0.2, -0.15) is 4.31 Å². The molecule has 6 heteroatoms. The van der Waals surface area contributed by atoms with Crippen LogP contribution in [0, 0.1) is 20.8 Å². The van der Waals surface area contributed by atoms with Gasteiger partial charge < -0.3 is 4.90 Å². The Bertz CT molecular complexity index is 946. The molecule has 1 saturated heterocycles. The van der Waals surface area contributed by atoms with Crippen LogP contribution in [0.15, 0.2) is 29.2 Å². The third kappa shape index (κ3) is 2.81. The van der Waals surface area contributed by atoms with Gasteiger partial charge in [-0.05, 0) is 62.4 Å². The Balaban J connectivity index is 1.69. The molecule has 2 aliphatic heterocycles. The predicted molar refractivity (Wildman–Crippen MR) is 103 cm³/mol. The van der Waals surface area contributed by atoms with Crippen molar-refractivity contribution >= 4 is 15.8 Å². The standard InChI is InChI=1S/C20H25N3O2S/c1-14-6-8-17(9-7-14)26(24,25)23-12-18-15(2)20(22-10-4-5-11-22)21-16(3)19(18)13-23/h6-9H,4-5,10-13H2,1-3H3. The Morgan fingerprint density at radius 3 is 2.19 bits per heavy atom. The van der Waals surface area contributed by atoms with Gasteiger partial charge in [-0.15, -0.1) is 0 Å². The molecule has 0 spiro atoms. The van der Waals surface area contributed by atoms with Crippen molar-refractivity contribution in [2.24, 2.45) is 0 Å². The lowest BCUT2D eigenvalue weighted by Crippen LogP contribution is -2.25. The summed E-state index contributed by atoms with van der Waals surface area (Å²) < 4.78 is 27.7. The fourth-order valence-electron chi connectivity index (χ4n) is 3.99. The van der Waals surface area contributed by atoms with Crippen LogP contribution in [0.5, 0.6) is 0 Å². The van der Waals surface area contributed by atoms with E-state index in [4.69, 9.17) is 4.98 Å². The predicted octanol–water partition coefficient (Wildman–Crippen LogP) is 3.31. The molecule has 0 aliphatic carbocycles. The third-order valence-corrected chi connectivity index (χ3v) is 7.40. The van der Waals surface area contributed by atoms with Gasteiger partial charge in [0.2, 0.25) is 10.0 Å². The first-order valence-electron chi connectivity index (χ1n) is 9.18. The first-order valence-corrected chi connectivity index (χ1v) is 10.6. The molecule has 138 valence electrons. The van der Waals surface area contributed by atoms with Crippen LogP contribution in [-0.4, -0.2) is 30.8 Å². The summed E-state index contributed by atoms with van der Waals surface area (Å²) in [6.45, 7) is 8.96. The summed E-state index contributed by atoms with van der Waals surface area (Å²) in [4.78, 5) is 7.52. The lowest BCUT2D eigenvalue weighted by atomic mass is 10.0. The third-order valence-electron chi connectivity index (χ3n) is 5.60. The normalized spacial score (nSPS) is 17.7. The minimum atomic E-state index is -3.50. The van der Waals surface area contributed by atoms with Crippen molar-refractivity contribution < 1.29 is 8.42 Å². The highest BCUT2D eigenvalue weighted by molar-refractivity contribution is 7.89. The lowest BCUT2D eigenvalue weighted by molar-refractivity contribution is 0.431. The monoisotopic (exact) mass is 371 g/mol. The molecule has 0 amide bonds. The number of rotatable bonds is 3. The van der Waals surface area contributed by atoms with Crippen LogP contribution in [0.1, 0.15) is 40.8 Å². The molecule has 0 N–H and O–H groups in total. The molecule has 2 aromatic rings. The summed E-state index contributed by atoms with van der Waals surface area (Å²) >= 11 is 0. The van der Waals surface area contributed by atoms with Crippen molar-refractivity contribution in [2.75, 3.05) is 18.0 Å². The molecule has 5 nitrogen and oxygen atoms in total. The van der Waals surface area contributed by atoms with Gasteiger partial charge in [0.1, 0.15) is 5.82 Å². The van der Waals surface area contributed by atoms with Crippen molar-refractivity contribution in [3.8, 4) is 0 Å². The van der Waals surface area contributed by atoms with E-state index in [9.17, 15) is 8.42 Å². The van der Waals surface area contributed by atoms with Gasteiger partial charge in [0.25, 0.3) is 0 Å². The van der Waals surface area contributed by atoms with Crippen molar-refractivity contribution in [1.29, 1.82) is 0 Å².